The van der Waals surface area contributed by atoms with Crippen LogP contribution in [0.5, 0.6) is 0 Å². The van der Waals surface area contributed by atoms with Gasteiger partial charge in [0.05, 0.1) is 9.82 Å². The lowest BCUT2D eigenvalue weighted by atomic mass is 10.3. The van der Waals surface area contributed by atoms with Gasteiger partial charge in [0.2, 0.25) is 10.0 Å². The zero-order valence-electron chi connectivity index (χ0n) is 13.3. The lowest BCUT2D eigenvalue weighted by molar-refractivity contribution is -0.387. The predicted octanol–water partition coefficient (Wildman–Crippen LogP) is 0.633. The van der Waals surface area contributed by atoms with Crippen molar-refractivity contribution in [3.63, 3.8) is 0 Å². The number of nitrogens with two attached hydrogens (primary N) is 1. The van der Waals surface area contributed by atoms with Gasteiger partial charge in [-0.25, -0.2) is 21.6 Å². The van der Waals surface area contributed by atoms with Crippen molar-refractivity contribution in [2.45, 2.75) is 9.79 Å². The fraction of sp³-hybridized carbons (Fsp3) is 0.143. The molecule has 0 atom stereocenters. The van der Waals surface area contributed by atoms with Crippen LogP contribution in [0.15, 0.2) is 58.3 Å². The van der Waals surface area contributed by atoms with Crippen molar-refractivity contribution in [3.05, 3.63) is 58.6 Å². The van der Waals surface area contributed by atoms with Gasteiger partial charge in [0.1, 0.15) is 0 Å². The topological polar surface area (TPSA) is 162 Å². The van der Waals surface area contributed by atoms with E-state index in [1.54, 1.807) is 0 Å². The number of hydrogen-bond acceptors (Lipinski definition) is 7. The molecule has 0 amide bonds. The monoisotopic (exact) mass is 400 g/mol. The number of benzene rings is 2. The van der Waals surface area contributed by atoms with Crippen LogP contribution in [0.2, 0.25) is 0 Å². The van der Waals surface area contributed by atoms with E-state index in [1.807, 2.05) is 0 Å². The van der Waals surface area contributed by atoms with E-state index in [2.05, 4.69) is 9.44 Å². The molecule has 0 aliphatic carbocycles. The first-order valence-corrected chi connectivity index (χ1v) is 10.2. The third-order valence-electron chi connectivity index (χ3n) is 3.20. The van der Waals surface area contributed by atoms with Crippen LogP contribution in [-0.4, -0.2) is 34.8 Å². The van der Waals surface area contributed by atoms with Gasteiger partial charge in [0.15, 0.2) is 4.90 Å². The summed E-state index contributed by atoms with van der Waals surface area (Å²) in [5, 5.41) is 11.0. The molecule has 2 aromatic rings. The van der Waals surface area contributed by atoms with Gasteiger partial charge in [-0.2, -0.15) is 0 Å². The Balaban J connectivity index is 2.28. The Labute approximate surface area is 150 Å². The highest BCUT2D eigenvalue weighted by Crippen LogP contribution is 2.25. The Hall–Kier alpha value is -2.54. The Bertz CT molecular complexity index is 1000. The second-order valence-electron chi connectivity index (χ2n) is 5.04. The highest BCUT2D eigenvalue weighted by molar-refractivity contribution is 7.93. The molecule has 0 radical (unpaired) electrons. The molecule has 0 spiro atoms. The first kappa shape index (κ1) is 19.8. The van der Waals surface area contributed by atoms with Crippen LogP contribution in [0, 0.1) is 10.1 Å². The highest BCUT2D eigenvalue weighted by atomic mass is 32.2. The van der Waals surface area contributed by atoms with Gasteiger partial charge in [0.25, 0.3) is 15.7 Å². The number of nitrogens with one attached hydrogen (secondary N) is 2. The van der Waals surface area contributed by atoms with E-state index in [1.165, 1.54) is 36.4 Å². The van der Waals surface area contributed by atoms with Crippen LogP contribution in [-0.2, 0) is 20.0 Å². The Morgan fingerprint density at radius 3 is 2.15 bits per heavy atom. The van der Waals surface area contributed by atoms with Gasteiger partial charge < -0.3 is 5.73 Å². The first-order valence-electron chi connectivity index (χ1n) is 7.23. The van der Waals surface area contributed by atoms with Crippen molar-refractivity contribution in [1.82, 2.24) is 4.72 Å². The van der Waals surface area contributed by atoms with Crippen molar-refractivity contribution in [3.8, 4) is 0 Å². The van der Waals surface area contributed by atoms with Crippen molar-refractivity contribution in [2.75, 3.05) is 17.8 Å². The van der Waals surface area contributed by atoms with Crippen LogP contribution in [0.1, 0.15) is 0 Å². The molecule has 0 unspecified atom stereocenters. The molecule has 0 bridgehead atoms. The minimum Gasteiger partial charge on any atom is -0.329 e. The zero-order valence-corrected chi connectivity index (χ0v) is 15.0. The molecule has 10 nitrogen and oxygen atoms in total. The molecule has 4 N–H and O–H groups in total. The molecular weight excluding hydrogens is 384 g/mol. The normalized spacial score (nSPS) is 11.9. The van der Waals surface area contributed by atoms with Crippen molar-refractivity contribution in [2.24, 2.45) is 5.73 Å². The van der Waals surface area contributed by atoms with E-state index in [0.717, 1.165) is 12.1 Å². The summed E-state index contributed by atoms with van der Waals surface area (Å²) in [6.45, 7) is 0.196. The van der Waals surface area contributed by atoms with Gasteiger partial charge in [-0.05, 0) is 30.3 Å². The molecule has 26 heavy (non-hydrogen) atoms. The highest BCUT2D eigenvalue weighted by Gasteiger charge is 2.25. The van der Waals surface area contributed by atoms with E-state index in [-0.39, 0.29) is 23.7 Å². The van der Waals surface area contributed by atoms with Crippen LogP contribution < -0.4 is 15.2 Å². The summed E-state index contributed by atoms with van der Waals surface area (Å²) in [7, 11) is -7.97. The SMILES string of the molecule is NCCNS(=O)(=O)c1ccc(NS(=O)(=O)c2ccccc2[N+](=O)[O-])cc1. The second kappa shape index (κ2) is 7.78. The lowest BCUT2D eigenvalue weighted by Crippen LogP contribution is -2.29. The van der Waals surface area contributed by atoms with Gasteiger partial charge in [0, 0.05) is 24.8 Å². The zero-order chi connectivity index (χ0) is 19.4. The summed E-state index contributed by atoms with van der Waals surface area (Å²) in [5.74, 6) is 0. The van der Waals surface area contributed by atoms with E-state index in [9.17, 15) is 26.9 Å². The van der Waals surface area contributed by atoms with Crippen LogP contribution in [0.4, 0.5) is 11.4 Å². The van der Waals surface area contributed by atoms with E-state index in [4.69, 9.17) is 5.73 Å². The quantitative estimate of drug-likeness (QED) is 0.432. The van der Waals surface area contributed by atoms with Gasteiger partial charge >= 0.3 is 0 Å². The number of para-hydroxylation sites is 1. The number of hydrogen-bond donors (Lipinski definition) is 3. The number of rotatable bonds is 8. The summed E-state index contributed by atoms with van der Waals surface area (Å²) in [6.07, 6.45) is 0. The van der Waals surface area contributed by atoms with Crippen molar-refractivity contribution < 1.29 is 21.8 Å². The number of nitro benzene ring substituents is 1. The maximum absolute atomic E-state index is 12.4. The molecule has 0 heterocycles. The fourth-order valence-electron chi connectivity index (χ4n) is 2.02. The van der Waals surface area contributed by atoms with Crippen LogP contribution in [0.3, 0.4) is 0 Å². The van der Waals surface area contributed by atoms with E-state index in [0.29, 0.717) is 0 Å². The molecular formula is C14H16N4O6S2. The Morgan fingerprint density at radius 1 is 0.962 bits per heavy atom. The molecule has 0 fully saturated rings. The van der Waals surface area contributed by atoms with Gasteiger partial charge in [-0.15, -0.1) is 0 Å². The minimum absolute atomic E-state index is 0.0564. The number of nitro groups is 1. The van der Waals surface area contributed by atoms with Crippen molar-refractivity contribution in [1.29, 1.82) is 0 Å². The number of nitrogens with zero attached hydrogens (tertiary/aromatic N) is 1. The molecule has 0 saturated carbocycles. The average Bonchev–Trinajstić information content (AvgIpc) is 2.60. The third-order valence-corrected chi connectivity index (χ3v) is 6.11. The first-order chi connectivity index (χ1) is 12.2. The average molecular weight is 400 g/mol. The summed E-state index contributed by atoms with van der Waals surface area (Å²) >= 11 is 0. The molecule has 0 saturated heterocycles. The number of sulfonamides is 2. The molecule has 0 aromatic heterocycles. The predicted molar refractivity (Wildman–Crippen MR) is 94.6 cm³/mol. The third kappa shape index (κ3) is 4.54. The standard InChI is InChI=1S/C14H16N4O6S2/c15-9-10-16-25(21,22)12-7-5-11(6-8-12)17-26(23,24)14-4-2-1-3-13(14)18(19)20/h1-8,16-17H,9-10,15H2. The summed E-state index contributed by atoms with van der Waals surface area (Å²) < 4.78 is 53.1. The summed E-state index contributed by atoms with van der Waals surface area (Å²) in [5.41, 5.74) is 4.74. The lowest BCUT2D eigenvalue weighted by Gasteiger charge is -2.10. The maximum Gasteiger partial charge on any atom is 0.289 e. The summed E-state index contributed by atoms with van der Waals surface area (Å²) in [6, 6.07) is 9.79. The molecule has 140 valence electrons. The maximum atomic E-state index is 12.4. The smallest absolute Gasteiger partial charge is 0.289 e. The molecule has 0 aliphatic rings. The minimum atomic E-state index is -4.22. The number of anilines is 1. The Morgan fingerprint density at radius 2 is 1.58 bits per heavy atom. The van der Waals surface area contributed by atoms with E-state index >= 15 is 0 Å². The summed E-state index contributed by atoms with van der Waals surface area (Å²) in [4.78, 5) is 9.63. The van der Waals surface area contributed by atoms with Crippen molar-refractivity contribution >= 4 is 31.4 Å². The van der Waals surface area contributed by atoms with Crippen LogP contribution in [0.25, 0.3) is 0 Å². The molecule has 2 rings (SSSR count). The van der Waals surface area contributed by atoms with Crippen LogP contribution >= 0.6 is 0 Å². The largest absolute Gasteiger partial charge is 0.329 e. The molecule has 0 aliphatic heterocycles. The van der Waals surface area contributed by atoms with E-state index < -0.39 is 35.6 Å². The van der Waals surface area contributed by atoms with Gasteiger partial charge in [-0.1, -0.05) is 12.1 Å². The second-order valence-corrected chi connectivity index (χ2v) is 8.46. The molecule has 12 heteroatoms. The molecule has 2 aromatic carbocycles. The Kier molecular flexibility index (Phi) is 5.92. The van der Waals surface area contributed by atoms with Gasteiger partial charge in [-0.3, -0.25) is 14.8 Å². The fourth-order valence-corrected chi connectivity index (χ4v) is 4.30.